The largest absolute Gasteiger partial charge is 0.392 e. The van der Waals surface area contributed by atoms with E-state index in [2.05, 4.69) is 4.90 Å². The molecule has 7 heteroatoms. The number of piperazine rings is 1. The molecule has 1 aliphatic rings. The molecule has 0 spiro atoms. The monoisotopic (exact) mass is 394 g/mol. The fraction of sp³-hybridized carbons (Fsp3) is 0.333. The minimum absolute atomic E-state index is 0.0181. The standard InChI is InChI=1S/C21H22F4N2O/c22-15-3-5-17(19(24)13-15)21(18-6-4-16(23)14-20(18)25)27-10-8-26(9-11-27)7-1-2-12-28/h1-6,13-14,21,28H,7-12H2. The van der Waals surface area contributed by atoms with Gasteiger partial charge in [0.25, 0.3) is 0 Å². The molecule has 3 nitrogen and oxygen atoms in total. The second-order valence-corrected chi connectivity index (χ2v) is 6.72. The van der Waals surface area contributed by atoms with E-state index in [4.69, 9.17) is 5.11 Å². The van der Waals surface area contributed by atoms with Crippen molar-refractivity contribution in [1.82, 2.24) is 9.80 Å². The van der Waals surface area contributed by atoms with Crippen LogP contribution in [0.4, 0.5) is 17.6 Å². The molecule has 1 heterocycles. The van der Waals surface area contributed by atoms with Gasteiger partial charge in [0.2, 0.25) is 0 Å². The van der Waals surface area contributed by atoms with Gasteiger partial charge in [0, 0.05) is 56.0 Å². The number of aliphatic hydroxyl groups excluding tert-OH is 1. The number of hydrogen-bond acceptors (Lipinski definition) is 3. The fourth-order valence-electron chi connectivity index (χ4n) is 3.51. The zero-order valence-corrected chi connectivity index (χ0v) is 15.3. The summed E-state index contributed by atoms with van der Waals surface area (Å²) < 4.78 is 55.8. The molecule has 28 heavy (non-hydrogen) atoms. The van der Waals surface area contributed by atoms with E-state index in [0.717, 1.165) is 24.3 Å². The molecule has 0 saturated carbocycles. The van der Waals surface area contributed by atoms with Gasteiger partial charge in [-0.05, 0) is 12.1 Å². The third-order valence-corrected chi connectivity index (χ3v) is 4.92. The van der Waals surface area contributed by atoms with Gasteiger partial charge in [0.1, 0.15) is 23.3 Å². The van der Waals surface area contributed by atoms with E-state index in [9.17, 15) is 17.6 Å². The van der Waals surface area contributed by atoms with Crippen LogP contribution in [0.15, 0.2) is 48.6 Å². The maximum atomic E-state index is 14.5. The molecule has 2 aromatic rings. The summed E-state index contributed by atoms with van der Waals surface area (Å²) in [4.78, 5) is 4.07. The Labute approximate surface area is 161 Å². The number of hydrogen-bond donors (Lipinski definition) is 1. The fourth-order valence-corrected chi connectivity index (χ4v) is 3.51. The summed E-state index contributed by atoms with van der Waals surface area (Å²) in [5.74, 6) is -2.94. The highest BCUT2D eigenvalue weighted by molar-refractivity contribution is 5.34. The molecule has 0 atom stereocenters. The van der Waals surface area contributed by atoms with Crippen LogP contribution in [0, 0.1) is 23.3 Å². The molecule has 2 aromatic carbocycles. The molecule has 0 aromatic heterocycles. The van der Waals surface area contributed by atoms with Crippen LogP contribution >= 0.6 is 0 Å². The minimum Gasteiger partial charge on any atom is -0.392 e. The molecule has 0 radical (unpaired) electrons. The summed E-state index contributed by atoms with van der Waals surface area (Å²) >= 11 is 0. The SMILES string of the molecule is OCC=CCN1CCN(C(c2ccc(F)cc2F)c2ccc(F)cc2F)CC1. The lowest BCUT2D eigenvalue weighted by atomic mass is 9.95. The number of nitrogens with zero attached hydrogens (tertiary/aromatic N) is 2. The van der Waals surface area contributed by atoms with Gasteiger partial charge in [-0.25, -0.2) is 17.6 Å². The van der Waals surface area contributed by atoms with Crippen molar-refractivity contribution >= 4 is 0 Å². The summed E-state index contributed by atoms with van der Waals surface area (Å²) in [6.45, 7) is 3.05. The highest BCUT2D eigenvalue weighted by Gasteiger charge is 2.30. The van der Waals surface area contributed by atoms with Crippen LogP contribution in [0.3, 0.4) is 0 Å². The van der Waals surface area contributed by atoms with Gasteiger partial charge >= 0.3 is 0 Å². The first-order valence-corrected chi connectivity index (χ1v) is 9.11. The number of halogens is 4. The van der Waals surface area contributed by atoms with E-state index < -0.39 is 29.3 Å². The number of rotatable bonds is 6. The zero-order valence-electron chi connectivity index (χ0n) is 15.3. The van der Waals surface area contributed by atoms with Crippen molar-refractivity contribution in [3.8, 4) is 0 Å². The average molecular weight is 394 g/mol. The van der Waals surface area contributed by atoms with E-state index in [1.165, 1.54) is 12.1 Å². The van der Waals surface area contributed by atoms with Crippen LogP contribution < -0.4 is 0 Å². The second-order valence-electron chi connectivity index (χ2n) is 6.72. The van der Waals surface area contributed by atoms with Crippen molar-refractivity contribution in [1.29, 1.82) is 0 Å². The smallest absolute Gasteiger partial charge is 0.131 e. The lowest BCUT2D eigenvalue weighted by molar-refractivity contribution is 0.114. The summed E-state index contributed by atoms with van der Waals surface area (Å²) in [6.07, 6.45) is 3.53. The Hall–Kier alpha value is -2.22. The summed E-state index contributed by atoms with van der Waals surface area (Å²) in [5.41, 5.74) is 0.307. The number of benzene rings is 2. The highest BCUT2D eigenvalue weighted by atomic mass is 19.1. The van der Waals surface area contributed by atoms with E-state index in [1.54, 1.807) is 6.08 Å². The molecule has 1 saturated heterocycles. The molecule has 150 valence electrons. The molecule has 3 rings (SSSR count). The Morgan fingerprint density at radius 1 is 0.821 bits per heavy atom. The molecular weight excluding hydrogens is 372 g/mol. The average Bonchev–Trinajstić information content (AvgIpc) is 2.66. The van der Waals surface area contributed by atoms with Crippen LogP contribution in [0.1, 0.15) is 17.2 Å². The van der Waals surface area contributed by atoms with Gasteiger partial charge in [0.15, 0.2) is 0 Å². The third-order valence-electron chi connectivity index (χ3n) is 4.92. The lowest BCUT2D eigenvalue weighted by Crippen LogP contribution is -2.48. The van der Waals surface area contributed by atoms with Gasteiger partial charge in [-0.15, -0.1) is 0 Å². The second kappa shape index (κ2) is 9.32. The van der Waals surface area contributed by atoms with Crippen LogP contribution in [-0.2, 0) is 0 Å². The normalized spacial score (nSPS) is 16.4. The van der Waals surface area contributed by atoms with Crippen LogP contribution in [0.2, 0.25) is 0 Å². The molecule has 0 bridgehead atoms. The maximum Gasteiger partial charge on any atom is 0.131 e. The first-order chi connectivity index (χ1) is 13.5. The molecule has 0 unspecified atom stereocenters. The summed E-state index contributed by atoms with van der Waals surface area (Å²) in [7, 11) is 0. The van der Waals surface area contributed by atoms with Gasteiger partial charge in [-0.3, -0.25) is 9.80 Å². The van der Waals surface area contributed by atoms with Crippen molar-refractivity contribution in [2.75, 3.05) is 39.3 Å². The van der Waals surface area contributed by atoms with Gasteiger partial charge in [-0.1, -0.05) is 24.3 Å². The maximum absolute atomic E-state index is 14.5. The van der Waals surface area contributed by atoms with Crippen molar-refractivity contribution in [3.63, 3.8) is 0 Å². The quantitative estimate of drug-likeness (QED) is 0.600. The summed E-state index contributed by atoms with van der Waals surface area (Å²) in [6, 6.07) is 5.69. The lowest BCUT2D eigenvalue weighted by Gasteiger charge is -2.39. The Morgan fingerprint density at radius 3 is 1.82 bits per heavy atom. The number of aliphatic hydroxyl groups is 1. The van der Waals surface area contributed by atoms with Crippen molar-refractivity contribution in [2.24, 2.45) is 0 Å². The predicted molar refractivity (Wildman–Crippen MR) is 98.8 cm³/mol. The Bertz CT molecular complexity index is 784. The third kappa shape index (κ3) is 4.79. The Morgan fingerprint density at radius 2 is 1.36 bits per heavy atom. The topological polar surface area (TPSA) is 26.7 Å². The first-order valence-electron chi connectivity index (χ1n) is 9.11. The van der Waals surface area contributed by atoms with Crippen molar-refractivity contribution in [2.45, 2.75) is 6.04 Å². The predicted octanol–water partition coefficient (Wildman–Crippen LogP) is 3.50. The van der Waals surface area contributed by atoms with Gasteiger partial charge in [0.05, 0.1) is 12.6 Å². The van der Waals surface area contributed by atoms with E-state index in [-0.39, 0.29) is 17.7 Å². The summed E-state index contributed by atoms with van der Waals surface area (Å²) in [5, 5.41) is 8.82. The highest BCUT2D eigenvalue weighted by Crippen LogP contribution is 2.33. The molecule has 1 aliphatic heterocycles. The van der Waals surface area contributed by atoms with Crippen LogP contribution in [0.25, 0.3) is 0 Å². The molecule has 1 N–H and O–H groups in total. The van der Waals surface area contributed by atoms with E-state index in [0.29, 0.717) is 32.7 Å². The zero-order chi connectivity index (χ0) is 20.1. The molecule has 0 aliphatic carbocycles. The van der Waals surface area contributed by atoms with E-state index >= 15 is 0 Å². The van der Waals surface area contributed by atoms with E-state index in [1.807, 2.05) is 11.0 Å². The van der Waals surface area contributed by atoms with Crippen LogP contribution in [0.5, 0.6) is 0 Å². The van der Waals surface area contributed by atoms with Crippen molar-refractivity contribution < 1.29 is 22.7 Å². The molecule has 1 fully saturated rings. The molecular formula is C21H22F4N2O. The molecule has 0 amide bonds. The first kappa shape index (κ1) is 20.5. The van der Waals surface area contributed by atoms with Gasteiger partial charge < -0.3 is 5.11 Å². The Kier molecular flexibility index (Phi) is 6.83. The minimum atomic E-state index is -0.781. The van der Waals surface area contributed by atoms with Crippen molar-refractivity contribution in [3.05, 3.63) is 82.9 Å². The Balaban J connectivity index is 1.88. The van der Waals surface area contributed by atoms with Crippen LogP contribution in [-0.4, -0.2) is 54.2 Å². The van der Waals surface area contributed by atoms with Gasteiger partial charge in [-0.2, -0.15) is 0 Å².